The third-order valence-corrected chi connectivity index (χ3v) is 3.55. The van der Waals surface area contributed by atoms with E-state index in [1.165, 1.54) is 0 Å². The Morgan fingerprint density at radius 1 is 1.67 bits per heavy atom. The van der Waals surface area contributed by atoms with Crippen LogP contribution in [0.1, 0.15) is 0 Å². The van der Waals surface area contributed by atoms with Gasteiger partial charge in [0.1, 0.15) is 0 Å². The smallest absolute Gasteiger partial charge is 0.0491 e. The first-order chi connectivity index (χ1) is 4.00. The molecular weight excluding hydrogens is 136 g/mol. The Bertz CT molecular complexity index is 147. The quantitative estimate of drug-likeness (QED) is 0.462. The molecule has 1 fully saturated rings. The van der Waals surface area contributed by atoms with Crippen LogP contribution in [0.25, 0.3) is 0 Å². The highest BCUT2D eigenvalue weighted by atomic mass is 32.3. The van der Waals surface area contributed by atoms with Crippen LogP contribution in [0.3, 0.4) is 0 Å². The minimum atomic E-state index is -2.25. The molecule has 2 N–H and O–H groups in total. The van der Waals surface area contributed by atoms with Crippen LogP contribution in [0, 0.1) is 0 Å². The summed E-state index contributed by atoms with van der Waals surface area (Å²) in [7, 11) is -0.243. The molecule has 1 rings (SSSR count). The molecule has 3 nitrogen and oxygen atoms in total. The summed E-state index contributed by atoms with van der Waals surface area (Å²) in [6, 6.07) is 0. The molecule has 0 aromatic heterocycles. The fourth-order valence-electron chi connectivity index (χ4n) is 0.990. The molecule has 1 aliphatic rings. The fourth-order valence-corrected chi connectivity index (χ4v) is 2.20. The van der Waals surface area contributed by atoms with Crippen LogP contribution in [0.4, 0.5) is 0 Å². The van der Waals surface area contributed by atoms with Crippen molar-refractivity contribution in [1.29, 1.82) is 0 Å². The number of nitrogens with zero attached hydrogens (tertiary/aromatic N) is 1. The van der Waals surface area contributed by atoms with E-state index in [1.54, 1.807) is 6.26 Å². The van der Waals surface area contributed by atoms with Gasteiger partial charge >= 0.3 is 0 Å². The first-order valence-corrected chi connectivity index (χ1v) is 5.33. The van der Waals surface area contributed by atoms with E-state index < -0.39 is 10.1 Å². The molecule has 0 aromatic carbocycles. The van der Waals surface area contributed by atoms with Crippen LogP contribution in [-0.4, -0.2) is 40.8 Å². The SMILES string of the molecule is CN1CC([SH](C)(N)=O)C1. The van der Waals surface area contributed by atoms with Crippen molar-refractivity contribution < 1.29 is 4.21 Å². The van der Waals surface area contributed by atoms with Gasteiger partial charge in [-0.2, -0.15) is 0 Å². The first kappa shape index (κ1) is 7.18. The lowest BCUT2D eigenvalue weighted by atomic mass is 10.2. The second kappa shape index (κ2) is 2.04. The molecule has 1 aliphatic heterocycles. The minimum absolute atomic E-state index is 0.266. The summed E-state index contributed by atoms with van der Waals surface area (Å²) in [6.45, 7) is 1.81. The highest BCUT2D eigenvalue weighted by Crippen LogP contribution is 2.13. The molecule has 0 bridgehead atoms. The standard InChI is InChI=1S/C5H14N2OS/c1-7-3-5(4-7)9(2,6)8/h5,9H,3-4H2,1-2H3,(H2,6,8). The second-order valence-electron chi connectivity index (χ2n) is 2.93. The van der Waals surface area contributed by atoms with Crippen LogP contribution >= 0.6 is 0 Å². The minimum Gasteiger partial charge on any atom is -0.304 e. The Morgan fingerprint density at radius 2 is 2.11 bits per heavy atom. The predicted molar refractivity (Wildman–Crippen MR) is 40.9 cm³/mol. The summed E-state index contributed by atoms with van der Waals surface area (Å²) in [5.74, 6) is 0. The van der Waals surface area contributed by atoms with Crippen LogP contribution in [-0.2, 0) is 10.1 Å². The molecule has 0 radical (unpaired) electrons. The van der Waals surface area contributed by atoms with Gasteiger partial charge in [0.05, 0.1) is 0 Å². The molecule has 0 spiro atoms. The Balaban J connectivity index is 2.41. The molecule has 0 aromatic rings. The maximum absolute atomic E-state index is 11.1. The van der Waals surface area contributed by atoms with Crippen molar-refractivity contribution in [2.45, 2.75) is 5.25 Å². The van der Waals surface area contributed by atoms with Crippen molar-refractivity contribution >= 4 is 10.1 Å². The Morgan fingerprint density at radius 3 is 2.22 bits per heavy atom. The van der Waals surface area contributed by atoms with Gasteiger partial charge in [-0.25, -0.2) is 0 Å². The van der Waals surface area contributed by atoms with Gasteiger partial charge in [0.25, 0.3) is 0 Å². The monoisotopic (exact) mass is 150 g/mol. The maximum atomic E-state index is 11.1. The largest absolute Gasteiger partial charge is 0.304 e. The molecule has 1 saturated heterocycles. The zero-order valence-corrected chi connectivity index (χ0v) is 6.77. The predicted octanol–water partition coefficient (Wildman–Crippen LogP) is -1.18. The van der Waals surface area contributed by atoms with Crippen molar-refractivity contribution in [2.24, 2.45) is 5.14 Å². The number of hydrogen-bond donors (Lipinski definition) is 2. The van der Waals surface area contributed by atoms with Crippen LogP contribution in [0.2, 0.25) is 0 Å². The average Bonchev–Trinajstić information content (AvgIpc) is 1.55. The molecule has 0 amide bonds. The molecule has 0 aliphatic carbocycles. The fraction of sp³-hybridized carbons (Fsp3) is 1.00. The Kier molecular flexibility index (Phi) is 1.63. The lowest BCUT2D eigenvalue weighted by Crippen LogP contribution is -2.57. The molecule has 9 heavy (non-hydrogen) atoms. The van der Waals surface area contributed by atoms with Gasteiger partial charge in [-0.05, 0) is 7.05 Å². The van der Waals surface area contributed by atoms with Crippen LogP contribution < -0.4 is 5.14 Å². The number of rotatable bonds is 1. The number of thiol groups is 1. The number of hydrogen-bond acceptors (Lipinski definition) is 2. The van der Waals surface area contributed by atoms with Gasteiger partial charge in [0.2, 0.25) is 0 Å². The van der Waals surface area contributed by atoms with Crippen molar-refractivity contribution in [3.05, 3.63) is 0 Å². The lowest BCUT2D eigenvalue weighted by Gasteiger charge is -2.40. The van der Waals surface area contributed by atoms with Gasteiger partial charge in [0, 0.05) is 24.6 Å². The zero-order chi connectivity index (χ0) is 7.07. The third kappa shape index (κ3) is 1.50. The normalized spacial score (nSPS) is 25.7. The summed E-state index contributed by atoms with van der Waals surface area (Å²) in [5, 5.41) is 5.70. The van der Waals surface area contributed by atoms with Gasteiger partial charge in [0.15, 0.2) is 0 Å². The molecule has 4 heteroatoms. The topological polar surface area (TPSA) is 46.3 Å². The van der Waals surface area contributed by atoms with Crippen LogP contribution in [0.15, 0.2) is 0 Å². The summed E-state index contributed by atoms with van der Waals surface area (Å²) in [5.41, 5.74) is 0. The Hall–Kier alpha value is 0.0700. The van der Waals surface area contributed by atoms with E-state index >= 15 is 0 Å². The molecule has 0 unspecified atom stereocenters. The summed E-state index contributed by atoms with van der Waals surface area (Å²) < 4.78 is 11.1. The first-order valence-electron chi connectivity index (χ1n) is 3.04. The van der Waals surface area contributed by atoms with E-state index in [2.05, 4.69) is 4.90 Å². The van der Waals surface area contributed by atoms with E-state index in [0.717, 1.165) is 13.1 Å². The highest BCUT2D eigenvalue weighted by Gasteiger charge is 2.29. The number of likely N-dealkylation sites (tertiary alicyclic amines) is 1. The third-order valence-electron chi connectivity index (χ3n) is 1.77. The Labute approximate surface area is 56.8 Å². The van der Waals surface area contributed by atoms with Gasteiger partial charge in [-0.3, -0.25) is 9.35 Å². The molecular formula is C5H14N2OS. The summed E-state index contributed by atoms with van der Waals surface area (Å²) in [6.07, 6.45) is 1.66. The van der Waals surface area contributed by atoms with E-state index in [9.17, 15) is 4.21 Å². The van der Waals surface area contributed by atoms with Crippen molar-refractivity contribution in [3.8, 4) is 0 Å². The zero-order valence-electron chi connectivity index (χ0n) is 5.87. The summed E-state index contributed by atoms with van der Waals surface area (Å²) in [4.78, 5) is 2.12. The number of nitrogens with two attached hydrogens (primary N) is 1. The van der Waals surface area contributed by atoms with E-state index in [4.69, 9.17) is 5.14 Å². The van der Waals surface area contributed by atoms with E-state index in [-0.39, 0.29) is 5.25 Å². The molecule has 0 saturated carbocycles. The van der Waals surface area contributed by atoms with E-state index in [0.29, 0.717) is 0 Å². The second-order valence-corrected chi connectivity index (χ2v) is 5.78. The van der Waals surface area contributed by atoms with E-state index in [1.807, 2.05) is 7.05 Å². The van der Waals surface area contributed by atoms with Crippen molar-refractivity contribution in [1.82, 2.24) is 4.90 Å². The maximum Gasteiger partial charge on any atom is 0.0491 e. The lowest BCUT2D eigenvalue weighted by molar-refractivity contribution is 0.234. The average molecular weight is 150 g/mol. The highest BCUT2D eigenvalue weighted by molar-refractivity contribution is 8.00. The van der Waals surface area contributed by atoms with Crippen molar-refractivity contribution in [3.63, 3.8) is 0 Å². The molecule has 56 valence electrons. The van der Waals surface area contributed by atoms with Crippen molar-refractivity contribution in [2.75, 3.05) is 26.4 Å². The van der Waals surface area contributed by atoms with Crippen LogP contribution in [0.5, 0.6) is 0 Å². The van der Waals surface area contributed by atoms with Gasteiger partial charge in [-0.1, -0.05) is 10.1 Å². The summed E-state index contributed by atoms with van der Waals surface area (Å²) >= 11 is 0. The van der Waals surface area contributed by atoms with Gasteiger partial charge in [-0.15, -0.1) is 0 Å². The van der Waals surface area contributed by atoms with Gasteiger partial charge < -0.3 is 4.90 Å². The molecule has 0 atom stereocenters. The molecule has 1 heterocycles.